The van der Waals surface area contributed by atoms with Gasteiger partial charge in [-0.05, 0) is 167 Å². The van der Waals surface area contributed by atoms with E-state index >= 15 is 0 Å². The molecule has 12 rings (SSSR count). The summed E-state index contributed by atoms with van der Waals surface area (Å²) in [6, 6.07) is 18.7. The molecule has 3 atom stereocenters. The van der Waals surface area contributed by atoms with Gasteiger partial charge in [-0.3, -0.25) is 24.2 Å². The summed E-state index contributed by atoms with van der Waals surface area (Å²) in [6.07, 6.45) is -4.08. The quantitative estimate of drug-likeness (QED) is 0.0303. The first-order chi connectivity index (χ1) is 53.0. The summed E-state index contributed by atoms with van der Waals surface area (Å²) >= 11 is 0. The average Bonchev–Trinajstić information content (AvgIpc) is 1.68. The van der Waals surface area contributed by atoms with Crippen molar-refractivity contribution >= 4 is 56.6 Å². The summed E-state index contributed by atoms with van der Waals surface area (Å²) in [5.74, 6) is -4.76. The lowest BCUT2D eigenvalue weighted by Gasteiger charge is -2.32. The van der Waals surface area contributed by atoms with Gasteiger partial charge in [-0.25, -0.2) is 36.9 Å². The molecule has 2 saturated heterocycles. The van der Waals surface area contributed by atoms with Gasteiger partial charge in [0.05, 0.1) is 62.8 Å². The number of alkyl halides is 6. The largest absolute Gasteiger partial charge is 0.487 e. The number of carbonyl (C=O) groups is 3. The lowest BCUT2D eigenvalue weighted by atomic mass is 9.98. The van der Waals surface area contributed by atoms with Crippen molar-refractivity contribution < 1.29 is 100 Å². The van der Waals surface area contributed by atoms with Gasteiger partial charge in [-0.1, -0.05) is 62.3 Å². The topological polar surface area (TPSA) is 270 Å². The molecule has 10 aromatic rings. The number of anilines is 1. The van der Waals surface area contributed by atoms with Crippen molar-refractivity contribution in [2.45, 2.75) is 144 Å². The van der Waals surface area contributed by atoms with E-state index in [1.165, 1.54) is 62.0 Å². The fourth-order valence-corrected chi connectivity index (χ4v) is 13.2. The molecule has 6 heterocycles. The smallest absolute Gasteiger partial charge is 0.313 e. The molecular weight excluding hydrogens is 1470 g/mol. The maximum absolute atomic E-state index is 13.8. The average molecular weight is 1560 g/mol. The highest BCUT2D eigenvalue weighted by Gasteiger charge is 2.36. The highest BCUT2D eigenvalue weighted by Crippen LogP contribution is 2.47. The van der Waals surface area contributed by atoms with Crippen LogP contribution in [-0.4, -0.2) is 160 Å². The van der Waals surface area contributed by atoms with Crippen LogP contribution < -0.4 is 34.2 Å². The molecule has 0 radical (unpaired) electrons. The number of tetrazole rings is 1. The lowest BCUT2D eigenvalue weighted by Crippen LogP contribution is -2.44. The van der Waals surface area contributed by atoms with Crippen LogP contribution in [0.15, 0.2) is 86.0 Å². The number of ether oxygens (including phenoxy) is 7. The number of fused-ring (bicyclic) bond motifs is 3. The molecule has 32 heteroatoms. The number of ketones is 3. The summed E-state index contributed by atoms with van der Waals surface area (Å²) in [4.78, 5) is 55.4. The van der Waals surface area contributed by atoms with Crippen molar-refractivity contribution in [3.05, 3.63) is 158 Å². The molecule has 3 unspecified atom stereocenters. The Morgan fingerprint density at radius 3 is 1.22 bits per heavy atom. The van der Waals surface area contributed by atoms with Gasteiger partial charge in [0, 0.05) is 39.5 Å². The minimum atomic E-state index is -2.99. The molecule has 0 spiro atoms. The van der Waals surface area contributed by atoms with E-state index in [4.69, 9.17) is 52.1 Å². The van der Waals surface area contributed by atoms with Crippen molar-refractivity contribution in [2.24, 2.45) is 0 Å². The van der Waals surface area contributed by atoms with Crippen LogP contribution in [0.25, 0.3) is 33.3 Å². The highest BCUT2D eigenvalue weighted by atomic mass is 19.3. The third-order valence-corrected chi connectivity index (χ3v) is 19.2. The fraction of sp³-hybridized carbons (Fsp3) is 0.456. The second-order valence-electron chi connectivity index (χ2n) is 27.4. The van der Waals surface area contributed by atoms with Crippen molar-refractivity contribution in [1.82, 2.24) is 45.0 Å². The first-order valence-electron chi connectivity index (χ1n) is 36.4. The molecule has 596 valence electrons. The van der Waals surface area contributed by atoms with Crippen LogP contribution in [0, 0.1) is 45.1 Å². The lowest BCUT2D eigenvalue weighted by molar-refractivity contribution is -0.0657. The number of oxazole rings is 3. The van der Waals surface area contributed by atoms with Gasteiger partial charge in [-0.15, -0.1) is 5.10 Å². The Hall–Kier alpha value is -10.3. The zero-order chi connectivity index (χ0) is 80.0. The maximum atomic E-state index is 13.8. The number of likely N-dealkylation sites (tertiary alicyclic amines) is 1. The van der Waals surface area contributed by atoms with Gasteiger partial charge in [0.2, 0.25) is 34.0 Å². The van der Waals surface area contributed by atoms with E-state index in [1.807, 2.05) is 20.8 Å². The molecule has 2 N–H and O–H groups in total. The summed E-state index contributed by atoms with van der Waals surface area (Å²) in [7, 11) is 0. The first kappa shape index (κ1) is 83.1. The van der Waals surface area contributed by atoms with Gasteiger partial charge < -0.3 is 52.1 Å². The number of nitrogens with two attached hydrogens (primary N) is 1. The Balaban J connectivity index is 0.000000177. The predicted molar refractivity (Wildman–Crippen MR) is 392 cm³/mol. The molecule has 23 nitrogen and oxygen atoms in total. The van der Waals surface area contributed by atoms with Gasteiger partial charge in [0.15, 0.2) is 40.5 Å². The number of nitrogen functional groups attached to an aromatic ring is 1. The number of rotatable bonds is 32. The van der Waals surface area contributed by atoms with Crippen LogP contribution in [0.3, 0.4) is 0 Å². The van der Waals surface area contributed by atoms with E-state index < -0.39 is 42.9 Å². The molecule has 0 saturated carbocycles. The number of morpholine rings is 1. The zero-order valence-corrected chi connectivity index (χ0v) is 63.3. The molecule has 2 aliphatic rings. The zero-order valence-electron chi connectivity index (χ0n) is 63.3. The molecule has 0 aliphatic carbocycles. The van der Waals surface area contributed by atoms with Crippen molar-refractivity contribution in [2.75, 3.05) is 97.9 Å². The van der Waals surface area contributed by atoms with Crippen LogP contribution >= 0.6 is 0 Å². The minimum absolute atomic E-state index is 0.00247. The Morgan fingerprint density at radius 2 is 0.856 bits per heavy atom. The van der Waals surface area contributed by atoms with E-state index in [-0.39, 0.29) is 167 Å². The molecule has 111 heavy (non-hydrogen) atoms. The molecule has 4 aromatic heterocycles. The van der Waals surface area contributed by atoms with Crippen molar-refractivity contribution in [3.63, 3.8) is 0 Å². The summed E-state index contributed by atoms with van der Waals surface area (Å²) in [5, 5.41) is 11.4. The Labute approximate surface area is 634 Å². The molecule has 2 fully saturated rings. The van der Waals surface area contributed by atoms with Crippen LogP contribution in [-0.2, 0) is 11.3 Å². The van der Waals surface area contributed by atoms with Crippen molar-refractivity contribution in [1.29, 1.82) is 0 Å². The first-order valence-corrected chi connectivity index (χ1v) is 36.4. The number of hydrogen-bond donors (Lipinski definition) is 1. The normalized spacial score (nSPS) is 14.7. The number of aromatic nitrogens is 7. The van der Waals surface area contributed by atoms with Crippen LogP contribution in [0.5, 0.6) is 34.5 Å². The van der Waals surface area contributed by atoms with Crippen LogP contribution in [0.1, 0.15) is 186 Å². The molecular formula is C79H89F9N10O13. The number of hydrogen-bond acceptors (Lipinski definition) is 22. The van der Waals surface area contributed by atoms with E-state index in [2.05, 4.69) is 35.3 Å². The van der Waals surface area contributed by atoms with E-state index in [1.54, 1.807) is 69.0 Å². The highest BCUT2D eigenvalue weighted by molar-refractivity contribution is 6.07. The summed E-state index contributed by atoms with van der Waals surface area (Å²) < 4.78 is 180. The van der Waals surface area contributed by atoms with Gasteiger partial charge in [0.1, 0.15) is 53.8 Å². The number of Topliss-reactive ketones (excluding diaryl/α,β-unsaturated/α-hetero) is 3. The SMILES string of the molecule is CC(=O)c1c(OCCN2CCCC(F)(F)C2)c(OCCC(C)c2ccc(F)cc2)c2oc(C(F)F)nc2c1C.CC(=O)c1c(OCCN2CCOCC2)c(OCCC(C)c2ccc(F)cc2)c2oc(C(F)F)nc2c1C.CC(=O)c1c(OCCn2nnc(N)n2)c(OCCC(C)c2ccc(F)cc2)c2oc(C)nc2c1C. The van der Waals surface area contributed by atoms with E-state index in [0.717, 1.165) is 29.8 Å². The second kappa shape index (κ2) is 37.6. The van der Waals surface area contributed by atoms with Gasteiger partial charge in [0.25, 0.3) is 23.7 Å². The predicted octanol–water partition coefficient (Wildman–Crippen LogP) is 16.8. The van der Waals surface area contributed by atoms with Gasteiger partial charge in [-0.2, -0.15) is 22.4 Å². The maximum Gasteiger partial charge on any atom is 0.313 e. The van der Waals surface area contributed by atoms with Crippen molar-refractivity contribution in [3.8, 4) is 34.5 Å². The number of piperidine rings is 1. The van der Waals surface area contributed by atoms with E-state index in [9.17, 15) is 53.9 Å². The molecule has 2 aliphatic heterocycles. The number of carbonyl (C=O) groups excluding carboxylic acids is 3. The number of aryl methyl sites for hydroxylation is 4. The third-order valence-electron chi connectivity index (χ3n) is 19.2. The Morgan fingerprint density at radius 1 is 0.495 bits per heavy atom. The summed E-state index contributed by atoms with van der Waals surface area (Å²) in [5.41, 5.74) is 11.5. The number of halogens is 9. The van der Waals surface area contributed by atoms with Gasteiger partial charge >= 0.3 is 12.9 Å². The fourth-order valence-electron chi connectivity index (χ4n) is 13.2. The minimum Gasteiger partial charge on any atom is -0.487 e. The number of nitrogens with zero attached hydrogens (tertiary/aromatic N) is 9. The Kier molecular flexibility index (Phi) is 28.1. The molecule has 6 aromatic carbocycles. The molecule has 0 bridgehead atoms. The van der Waals surface area contributed by atoms with Crippen LogP contribution in [0.4, 0.5) is 45.5 Å². The Bertz CT molecular complexity index is 4840. The number of benzene rings is 6. The van der Waals surface area contributed by atoms with Crippen LogP contribution in [0.2, 0.25) is 0 Å². The monoisotopic (exact) mass is 1560 g/mol. The summed E-state index contributed by atoms with van der Waals surface area (Å²) in [6.45, 7) is 21.7. The second-order valence-corrected chi connectivity index (χ2v) is 27.4. The van der Waals surface area contributed by atoms with E-state index in [0.29, 0.717) is 104 Å². The standard InChI is InChI=1S/C28H31F5N2O4.C27H31F3N2O5.C24H27FN6O4/c1-16(19-5-7-20(29)8-6-19)9-13-37-25-23(38-14-12-35-11-4-10-28(32,33)15-35)21(18(3)36)17(2)22-24(25)39-27(34-22)26(30)31;1-16(19-4-6-20(28)7-5-19)8-12-35-25-23(36-15-11-32-9-13-34-14-10-32)21(18(3)33)17(2)22-24(25)37-27(31-22)26(29)30;1-13(17-5-7-18(25)8-6-17)9-11-33-23-21(34-12-10-31-29-24(26)28-30-31)19(15(3)32)14(2)20-22(23)35-16(4)27-20/h5-8,16,26H,4,9-15H2,1-3H3;4-7,16,26H,8-15H2,1-3H3;5-8,13H,9-12H2,1-4H3,(H2,26,29). The third kappa shape index (κ3) is 21.0. The molecule has 0 amide bonds.